The number of aliphatic hydroxyl groups is 1. The maximum atomic E-state index is 13.0. The van der Waals surface area contributed by atoms with E-state index in [0.29, 0.717) is 11.1 Å². The molecule has 1 aromatic heterocycles. The van der Waals surface area contributed by atoms with Crippen LogP contribution in [0.3, 0.4) is 0 Å². The molecular formula is C11H10FNOS. The zero-order chi connectivity index (χ0) is 10.8. The van der Waals surface area contributed by atoms with Gasteiger partial charge in [-0.1, -0.05) is 12.1 Å². The van der Waals surface area contributed by atoms with Crippen LogP contribution in [0.15, 0.2) is 29.9 Å². The van der Waals surface area contributed by atoms with Gasteiger partial charge in [-0.05, 0) is 24.1 Å². The lowest BCUT2D eigenvalue weighted by atomic mass is 10.1. The zero-order valence-corrected chi connectivity index (χ0v) is 8.96. The first kappa shape index (κ1) is 10.3. The third kappa shape index (κ3) is 2.06. The van der Waals surface area contributed by atoms with Crippen LogP contribution in [-0.2, 0) is 0 Å². The van der Waals surface area contributed by atoms with Gasteiger partial charge in [0.2, 0.25) is 0 Å². The number of aliphatic hydroxyl groups excluding tert-OH is 1. The summed E-state index contributed by atoms with van der Waals surface area (Å²) in [6.07, 6.45) is 0.908. The van der Waals surface area contributed by atoms with Gasteiger partial charge in [0.1, 0.15) is 11.9 Å². The van der Waals surface area contributed by atoms with Gasteiger partial charge >= 0.3 is 0 Å². The van der Waals surface area contributed by atoms with E-state index in [2.05, 4.69) is 4.98 Å². The Morgan fingerprint density at radius 1 is 1.47 bits per heavy atom. The van der Waals surface area contributed by atoms with E-state index < -0.39 is 6.10 Å². The van der Waals surface area contributed by atoms with Gasteiger partial charge in [0, 0.05) is 6.20 Å². The number of thiazole rings is 1. The van der Waals surface area contributed by atoms with Crippen LogP contribution >= 0.6 is 11.3 Å². The van der Waals surface area contributed by atoms with Crippen LogP contribution in [0.1, 0.15) is 22.1 Å². The maximum absolute atomic E-state index is 13.0. The van der Waals surface area contributed by atoms with E-state index in [1.807, 2.05) is 0 Å². The predicted octanol–water partition coefficient (Wildman–Crippen LogP) is 2.67. The molecule has 15 heavy (non-hydrogen) atoms. The molecule has 1 atom stereocenters. The summed E-state index contributed by atoms with van der Waals surface area (Å²) in [6.45, 7) is 1.68. The molecule has 1 N–H and O–H groups in total. The summed E-state index contributed by atoms with van der Waals surface area (Å²) in [5.74, 6) is -0.254. The molecule has 0 saturated carbocycles. The van der Waals surface area contributed by atoms with E-state index in [4.69, 9.17) is 0 Å². The number of hydrogen-bond donors (Lipinski definition) is 1. The molecule has 0 bridgehead atoms. The molecule has 1 unspecified atom stereocenters. The fourth-order valence-corrected chi connectivity index (χ4v) is 1.99. The van der Waals surface area contributed by atoms with Crippen LogP contribution in [0.2, 0.25) is 0 Å². The van der Waals surface area contributed by atoms with Crippen molar-refractivity contribution < 1.29 is 9.50 Å². The third-order valence-corrected chi connectivity index (χ3v) is 3.05. The normalized spacial score (nSPS) is 12.7. The minimum atomic E-state index is -0.711. The zero-order valence-electron chi connectivity index (χ0n) is 8.14. The first-order chi connectivity index (χ1) is 7.18. The summed E-state index contributed by atoms with van der Waals surface area (Å²) in [7, 11) is 0. The first-order valence-electron chi connectivity index (χ1n) is 4.51. The van der Waals surface area contributed by atoms with E-state index >= 15 is 0 Å². The molecule has 0 fully saturated rings. The van der Waals surface area contributed by atoms with Gasteiger partial charge in [-0.25, -0.2) is 4.39 Å². The molecule has 4 heteroatoms. The van der Waals surface area contributed by atoms with Crippen LogP contribution in [-0.4, -0.2) is 10.1 Å². The molecule has 1 heterocycles. The molecule has 0 saturated heterocycles. The van der Waals surface area contributed by atoms with Crippen LogP contribution in [0, 0.1) is 12.7 Å². The highest BCUT2D eigenvalue weighted by Gasteiger charge is 2.12. The van der Waals surface area contributed by atoms with Gasteiger partial charge in [0.05, 0.1) is 10.4 Å². The van der Waals surface area contributed by atoms with Gasteiger partial charge in [0.15, 0.2) is 0 Å². The highest BCUT2D eigenvalue weighted by molar-refractivity contribution is 7.09. The second kappa shape index (κ2) is 4.08. The molecule has 0 spiro atoms. The van der Waals surface area contributed by atoms with Crippen molar-refractivity contribution in [3.05, 3.63) is 51.7 Å². The summed E-state index contributed by atoms with van der Waals surface area (Å²) >= 11 is 1.38. The Hall–Kier alpha value is -1.26. The Bertz CT molecular complexity index is 456. The van der Waals surface area contributed by atoms with Crippen molar-refractivity contribution in [2.75, 3.05) is 0 Å². The van der Waals surface area contributed by atoms with Crippen LogP contribution in [0.5, 0.6) is 0 Å². The molecule has 1 aromatic carbocycles. The molecule has 0 radical (unpaired) electrons. The lowest BCUT2D eigenvalue weighted by molar-refractivity contribution is 0.223. The Balaban J connectivity index is 2.34. The number of nitrogens with zero attached hydrogens (tertiary/aromatic N) is 1. The number of aryl methyl sites for hydroxylation is 1. The van der Waals surface area contributed by atoms with Gasteiger partial charge in [-0.3, -0.25) is 4.98 Å². The first-order valence-corrected chi connectivity index (χ1v) is 5.39. The highest BCUT2D eigenvalue weighted by Crippen LogP contribution is 2.25. The number of aromatic nitrogens is 1. The monoisotopic (exact) mass is 223 g/mol. The van der Waals surface area contributed by atoms with Gasteiger partial charge in [-0.15, -0.1) is 11.3 Å². The largest absolute Gasteiger partial charge is 0.383 e. The molecule has 2 aromatic rings. The van der Waals surface area contributed by atoms with Crippen LogP contribution in [0.4, 0.5) is 4.39 Å². The fraction of sp³-hybridized carbons (Fsp3) is 0.182. The minimum Gasteiger partial charge on any atom is -0.383 e. The maximum Gasteiger partial charge on any atom is 0.126 e. The number of benzene rings is 1. The average molecular weight is 223 g/mol. The van der Waals surface area contributed by atoms with Crippen molar-refractivity contribution in [3.8, 4) is 0 Å². The third-order valence-electron chi connectivity index (χ3n) is 2.22. The molecule has 78 valence electrons. The van der Waals surface area contributed by atoms with E-state index in [1.54, 1.807) is 30.8 Å². The second-order valence-electron chi connectivity index (χ2n) is 3.31. The lowest BCUT2D eigenvalue weighted by Crippen LogP contribution is -1.98. The summed E-state index contributed by atoms with van der Waals surface area (Å²) in [4.78, 5) is 4.66. The fourth-order valence-electron chi connectivity index (χ4n) is 1.36. The van der Waals surface area contributed by atoms with E-state index in [1.165, 1.54) is 17.4 Å². The standard InChI is InChI=1S/C11H10FNOS/c1-7-4-8(2-3-9(7)12)11(14)10-5-13-6-15-10/h2-6,11,14H,1H3. The second-order valence-corrected chi connectivity index (χ2v) is 4.23. The van der Waals surface area contributed by atoms with Crippen molar-refractivity contribution >= 4 is 11.3 Å². The van der Waals surface area contributed by atoms with Crippen molar-refractivity contribution in [1.82, 2.24) is 4.98 Å². The molecule has 0 amide bonds. The summed E-state index contributed by atoms with van der Waals surface area (Å²) < 4.78 is 13.0. The average Bonchev–Trinajstić information content (AvgIpc) is 2.74. The van der Waals surface area contributed by atoms with E-state index in [-0.39, 0.29) is 5.82 Å². The van der Waals surface area contributed by atoms with E-state index in [9.17, 15) is 9.50 Å². The van der Waals surface area contributed by atoms with Gasteiger partial charge in [-0.2, -0.15) is 0 Å². The molecule has 0 aliphatic carbocycles. The lowest BCUT2D eigenvalue weighted by Gasteiger charge is -2.09. The molecule has 2 rings (SSSR count). The molecule has 0 aliphatic rings. The van der Waals surface area contributed by atoms with Crippen molar-refractivity contribution in [1.29, 1.82) is 0 Å². The topological polar surface area (TPSA) is 33.1 Å². The number of halogens is 1. The molecule has 0 aliphatic heterocycles. The summed E-state index contributed by atoms with van der Waals surface area (Å²) in [5.41, 5.74) is 2.89. The smallest absolute Gasteiger partial charge is 0.126 e. The van der Waals surface area contributed by atoms with Crippen molar-refractivity contribution in [2.45, 2.75) is 13.0 Å². The molecule has 2 nitrogen and oxygen atoms in total. The molecular weight excluding hydrogens is 213 g/mol. The van der Waals surface area contributed by atoms with Crippen molar-refractivity contribution in [3.63, 3.8) is 0 Å². The Morgan fingerprint density at radius 3 is 2.87 bits per heavy atom. The summed E-state index contributed by atoms with van der Waals surface area (Å²) in [6, 6.07) is 4.61. The Morgan fingerprint density at radius 2 is 2.27 bits per heavy atom. The quantitative estimate of drug-likeness (QED) is 0.849. The van der Waals surface area contributed by atoms with Crippen molar-refractivity contribution in [2.24, 2.45) is 0 Å². The number of hydrogen-bond acceptors (Lipinski definition) is 3. The highest BCUT2D eigenvalue weighted by atomic mass is 32.1. The van der Waals surface area contributed by atoms with E-state index in [0.717, 1.165) is 4.88 Å². The SMILES string of the molecule is Cc1cc(C(O)c2cncs2)ccc1F. The summed E-state index contributed by atoms with van der Waals surface area (Å²) in [5, 5.41) is 9.94. The predicted molar refractivity (Wildman–Crippen MR) is 57.3 cm³/mol. The van der Waals surface area contributed by atoms with Gasteiger partial charge in [0.25, 0.3) is 0 Å². The van der Waals surface area contributed by atoms with Gasteiger partial charge < -0.3 is 5.11 Å². The van der Waals surface area contributed by atoms with Crippen LogP contribution < -0.4 is 0 Å². The van der Waals surface area contributed by atoms with Crippen LogP contribution in [0.25, 0.3) is 0 Å². The number of rotatable bonds is 2. The Labute approximate surface area is 91.0 Å². The minimum absolute atomic E-state index is 0.254. The Kier molecular flexibility index (Phi) is 2.79.